The third-order valence-electron chi connectivity index (χ3n) is 7.52. The summed E-state index contributed by atoms with van der Waals surface area (Å²) in [7, 11) is 0. The van der Waals surface area contributed by atoms with Crippen molar-refractivity contribution >= 4 is 11.9 Å². The zero-order chi connectivity index (χ0) is 25.2. The second-order valence-electron chi connectivity index (χ2n) is 11.0. The van der Waals surface area contributed by atoms with E-state index in [2.05, 4.69) is 12.2 Å². The maximum absolute atomic E-state index is 11.8. The number of esters is 1. The van der Waals surface area contributed by atoms with Crippen molar-refractivity contribution in [1.29, 1.82) is 0 Å². The summed E-state index contributed by atoms with van der Waals surface area (Å²) in [6.45, 7) is 2.78. The Morgan fingerprint density at radius 3 is 1.29 bits per heavy atom. The van der Waals surface area contributed by atoms with Crippen molar-refractivity contribution in [1.82, 2.24) is 5.32 Å². The Labute approximate surface area is 218 Å². The summed E-state index contributed by atoms with van der Waals surface area (Å²) in [4.78, 5) is 22.9. The fraction of sp³-hybridized carbons (Fsp3) is 0.935. The van der Waals surface area contributed by atoms with Gasteiger partial charge in [-0.05, 0) is 12.8 Å². The van der Waals surface area contributed by atoms with Gasteiger partial charge in [0.05, 0.1) is 6.61 Å². The number of carbonyl (C=O) groups is 2. The number of amides is 1. The number of ether oxygens (including phenoxy) is 1. The molecule has 0 aromatic carbocycles. The average molecular weight is 494 g/mol. The van der Waals surface area contributed by atoms with Crippen molar-refractivity contribution in [2.75, 3.05) is 6.61 Å². The predicted octanol–water partition coefficient (Wildman–Crippen LogP) is 9.19. The molecule has 0 aromatic heterocycles. The maximum Gasteiger partial charge on any atom is 0.328 e. The van der Waals surface area contributed by atoms with Crippen LogP contribution >= 0.6 is 0 Å². The minimum atomic E-state index is -0.406. The van der Waals surface area contributed by atoms with Gasteiger partial charge in [-0.1, -0.05) is 155 Å². The van der Waals surface area contributed by atoms with Gasteiger partial charge in [0.2, 0.25) is 5.91 Å². The van der Waals surface area contributed by atoms with Crippen molar-refractivity contribution in [2.24, 2.45) is 0 Å². The lowest BCUT2D eigenvalue weighted by Crippen LogP contribution is -2.34. The first kappa shape index (κ1) is 32.0. The highest BCUT2D eigenvalue weighted by molar-refractivity contribution is 5.87. The molecule has 1 amide bonds. The highest BCUT2D eigenvalue weighted by Crippen LogP contribution is 2.16. The highest BCUT2D eigenvalue weighted by Gasteiger charge is 2.28. The summed E-state index contributed by atoms with van der Waals surface area (Å²) in [5, 5.41) is 2.66. The molecule has 1 fully saturated rings. The molecule has 0 bridgehead atoms. The van der Waals surface area contributed by atoms with Crippen molar-refractivity contribution in [2.45, 2.75) is 180 Å². The van der Waals surface area contributed by atoms with Gasteiger partial charge in [-0.15, -0.1) is 0 Å². The third kappa shape index (κ3) is 20.8. The Kier molecular flexibility index (Phi) is 22.5. The average Bonchev–Trinajstić information content (AvgIpc) is 3.30. The lowest BCUT2D eigenvalue weighted by Gasteiger charge is -2.09. The first-order valence-electron chi connectivity index (χ1n) is 15.7. The quantitative estimate of drug-likeness (QED) is 0.0965. The molecule has 0 aliphatic carbocycles. The predicted molar refractivity (Wildman–Crippen MR) is 149 cm³/mol. The van der Waals surface area contributed by atoms with Crippen LogP contribution in [0, 0.1) is 0 Å². The van der Waals surface area contributed by atoms with Gasteiger partial charge in [0.15, 0.2) is 0 Å². The van der Waals surface area contributed by atoms with Crippen LogP contribution in [0.4, 0.5) is 0 Å². The second-order valence-corrected chi connectivity index (χ2v) is 11.0. The van der Waals surface area contributed by atoms with Crippen LogP contribution in [-0.2, 0) is 14.3 Å². The lowest BCUT2D eigenvalue weighted by molar-refractivity contribution is -0.146. The van der Waals surface area contributed by atoms with Gasteiger partial charge in [0.25, 0.3) is 0 Å². The van der Waals surface area contributed by atoms with Crippen LogP contribution in [-0.4, -0.2) is 24.5 Å². The summed E-state index contributed by atoms with van der Waals surface area (Å²) in [6.07, 6.45) is 34.2. The Bertz CT molecular complexity index is 494. The van der Waals surface area contributed by atoms with Crippen LogP contribution in [0.3, 0.4) is 0 Å². The molecule has 4 heteroatoms. The fourth-order valence-corrected chi connectivity index (χ4v) is 5.13. The molecular formula is C31H59NO3. The van der Waals surface area contributed by atoms with Gasteiger partial charge < -0.3 is 10.1 Å². The van der Waals surface area contributed by atoms with E-state index in [4.69, 9.17) is 4.74 Å². The molecule has 1 rings (SSSR count). The number of carbonyl (C=O) groups excluding carboxylic acids is 2. The smallest absolute Gasteiger partial charge is 0.328 e. The zero-order valence-corrected chi connectivity index (χ0v) is 23.4. The van der Waals surface area contributed by atoms with E-state index in [9.17, 15) is 9.59 Å². The zero-order valence-electron chi connectivity index (χ0n) is 23.4. The molecule has 1 N–H and O–H groups in total. The molecule has 0 unspecified atom stereocenters. The minimum absolute atomic E-state index is 0.0400. The number of nitrogens with one attached hydrogen (secondary N) is 1. The minimum Gasteiger partial charge on any atom is -0.464 e. The van der Waals surface area contributed by atoms with Crippen LogP contribution in [0.5, 0.6) is 0 Å². The number of rotatable bonds is 26. The molecule has 35 heavy (non-hydrogen) atoms. The van der Waals surface area contributed by atoms with Gasteiger partial charge in [-0.25, -0.2) is 4.79 Å². The molecule has 1 saturated heterocycles. The number of hydrogen-bond donors (Lipinski definition) is 1. The van der Waals surface area contributed by atoms with E-state index < -0.39 is 6.04 Å². The van der Waals surface area contributed by atoms with Gasteiger partial charge in [-0.2, -0.15) is 0 Å². The van der Waals surface area contributed by atoms with Crippen LogP contribution in [0.1, 0.15) is 174 Å². The second kappa shape index (κ2) is 24.6. The topological polar surface area (TPSA) is 55.4 Å². The number of hydrogen-bond acceptors (Lipinski definition) is 3. The highest BCUT2D eigenvalue weighted by atomic mass is 16.5. The molecular weight excluding hydrogens is 434 g/mol. The SMILES string of the molecule is CCCCCCCCCCCCCCCCCCCCCCCCCCOC(=O)[C@@H]1CCC(=O)N1. The number of unbranched alkanes of at least 4 members (excludes halogenated alkanes) is 23. The van der Waals surface area contributed by atoms with Crippen LogP contribution in [0.25, 0.3) is 0 Å². The van der Waals surface area contributed by atoms with E-state index in [1.165, 1.54) is 141 Å². The van der Waals surface area contributed by atoms with Crippen LogP contribution in [0.2, 0.25) is 0 Å². The molecule has 0 radical (unpaired) electrons. The molecule has 0 saturated carbocycles. The Balaban J connectivity index is 1.66. The summed E-state index contributed by atoms with van der Waals surface area (Å²) >= 11 is 0. The monoisotopic (exact) mass is 493 g/mol. The Morgan fingerprint density at radius 1 is 0.629 bits per heavy atom. The Hall–Kier alpha value is -1.06. The normalized spacial score (nSPS) is 15.5. The van der Waals surface area contributed by atoms with E-state index in [1.54, 1.807) is 0 Å². The van der Waals surface area contributed by atoms with Crippen LogP contribution in [0.15, 0.2) is 0 Å². The largest absolute Gasteiger partial charge is 0.464 e. The van der Waals surface area contributed by atoms with E-state index in [0.717, 1.165) is 12.8 Å². The molecule has 1 aliphatic rings. The van der Waals surface area contributed by atoms with E-state index >= 15 is 0 Å². The standard InChI is InChI=1S/C31H59NO3/c1-2-3-4-5-6-7-8-9-10-11-12-13-14-15-16-17-18-19-20-21-22-23-24-25-28-35-31(34)29-26-27-30(33)32-29/h29H,2-28H2,1H3,(H,32,33)/t29-/m0/s1. The van der Waals surface area contributed by atoms with Gasteiger partial charge >= 0.3 is 5.97 Å². The molecule has 0 spiro atoms. The first-order chi connectivity index (χ1) is 17.2. The summed E-state index contributed by atoms with van der Waals surface area (Å²) in [5.74, 6) is -0.299. The lowest BCUT2D eigenvalue weighted by atomic mass is 10.0. The van der Waals surface area contributed by atoms with Gasteiger partial charge in [-0.3, -0.25) is 4.79 Å². The summed E-state index contributed by atoms with van der Waals surface area (Å²) in [5.41, 5.74) is 0. The van der Waals surface area contributed by atoms with Gasteiger partial charge in [0, 0.05) is 6.42 Å². The van der Waals surface area contributed by atoms with E-state index in [0.29, 0.717) is 19.4 Å². The van der Waals surface area contributed by atoms with Gasteiger partial charge in [0.1, 0.15) is 6.04 Å². The molecule has 0 aromatic rings. The van der Waals surface area contributed by atoms with Crippen molar-refractivity contribution < 1.29 is 14.3 Å². The molecule has 1 heterocycles. The summed E-state index contributed by atoms with van der Waals surface area (Å²) < 4.78 is 5.27. The molecule has 1 aliphatic heterocycles. The van der Waals surface area contributed by atoms with E-state index in [-0.39, 0.29) is 11.9 Å². The molecule has 1 atom stereocenters. The van der Waals surface area contributed by atoms with Crippen molar-refractivity contribution in [3.63, 3.8) is 0 Å². The maximum atomic E-state index is 11.8. The summed E-state index contributed by atoms with van der Waals surface area (Å²) in [6, 6.07) is -0.406. The third-order valence-corrected chi connectivity index (χ3v) is 7.52. The van der Waals surface area contributed by atoms with E-state index in [1.807, 2.05) is 0 Å². The first-order valence-corrected chi connectivity index (χ1v) is 15.7. The van der Waals surface area contributed by atoms with Crippen LogP contribution < -0.4 is 5.32 Å². The molecule has 206 valence electrons. The fourth-order valence-electron chi connectivity index (χ4n) is 5.13. The van der Waals surface area contributed by atoms with Crippen molar-refractivity contribution in [3.05, 3.63) is 0 Å². The molecule has 4 nitrogen and oxygen atoms in total. The Morgan fingerprint density at radius 2 is 0.971 bits per heavy atom. The van der Waals surface area contributed by atoms with Crippen molar-refractivity contribution in [3.8, 4) is 0 Å².